The zero-order valence-electron chi connectivity index (χ0n) is 15.3. The molecule has 1 atom stereocenters. The molecule has 0 aliphatic carbocycles. The van der Waals surface area contributed by atoms with Crippen molar-refractivity contribution in [2.45, 2.75) is 19.9 Å². The number of benzene rings is 2. The maximum Gasteiger partial charge on any atom is 0.255 e. The lowest BCUT2D eigenvalue weighted by atomic mass is 10.00. The summed E-state index contributed by atoms with van der Waals surface area (Å²) in [6.45, 7) is 3.99. The Kier molecular flexibility index (Phi) is 4.54. The van der Waals surface area contributed by atoms with Crippen molar-refractivity contribution in [3.8, 4) is 0 Å². The molecule has 4 rings (SSSR count). The van der Waals surface area contributed by atoms with Gasteiger partial charge in [-0.15, -0.1) is 0 Å². The summed E-state index contributed by atoms with van der Waals surface area (Å²) in [5, 5.41) is 3.88. The maximum absolute atomic E-state index is 13.6. The van der Waals surface area contributed by atoms with Crippen molar-refractivity contribution in [3.63, 3.8) is 0 Å². The highest BCUT2D eigenvalue weighted by Crippen LogP contribution is 2.37. The number of para-hydroxylation sites is 2. The fourth-order valence-electron chi connectivity index (χ4n) is 3.72. The first-order valence-corrected chi connectivity index (χ1v) is 9.79. The summed E-state index contributed by atoms with van der Waals surface area (Å²) in [5.41, 5.74) is 4.41. The number of carbonyl (C=O) groups is 2. The molecule has 0 bridgehead atoms. The van der Waals surface area contributed by atoms with Crippen LogP contribution < -0.4 is 9.80 Å². The van der Waals surface area contributed by atoms with E-state index in [0.717, 1.165) is 28.1 Å². The van der Waals surface area contributed by atoms with Crippen molar-refractivity contribution >= 4 is 34.5 Å². The molecule has 2 heterocycles. The Bertz CT molecular complexity index is 963. The first kappa shape index (κ1) is 17.5. The number of amides is 2. The van der Waals surface area contributed by atoms with Gasteiger partial charge in [-0.3, -0.25) is 14.5 Å². The van der Waals surface area contributed by atoms with E-state index in [1.807, 2.05) is 79.2 Å². The normalized spacial score (nSPS) is 17.5. The standard InChI is InChI=1S/C22H20N2O2S/c1-15-7-6-8-16(2)20(15)23-13-19(25)24(18-9-4-3-5-10-18)21(22(23)26)17-11-12-27-14-17/h3-12,14,21H,13H2,1-2H3. The molecule has 2 amide bonds. The molecule has 1 aliphatic heterocycles. The van der Waals surface area contributed by atoms with Gasteiger partial charge in [0, 0.05) is 5.69 Å². The van der Waals surface area contributed by atoms with Gasteiger partial charge in [-0.25, -0.2) is 0 Å². The minimum absolute atomic E-state index is 0.0417. The van der Waals surface area contributed by atoms with Crippen molar-refractivity contribution in [1.29, 1.82) is 0 Å². The third-order valence-electron chi connectivity index (χ3n) is 4.92. The summed E-state index contributed by atoms with van der Waals surface area (Å²) >= 11 is 1.53. The molecule has 27 heavy (non-hydrogen) atoms. The fraction of sp³-hybridized carbons (Fsp3) is 0.182. The van der Waals surface area contributed by atoms with Crippen LogP contribution in [0.5, 0.6) is 0 Å². The van der Waals surface area contributed by atoms with Gasteiger partial charge in [-0.05, 0) is 59.5 Å². The quantitative estimate of drug-likeness (QED) is 0.676. The number of thiophene rings is 1. The van der Waals surface area contributed by atoms with E-state index in [0.29, 0.717) is 0 Å². The van der Waals surface area contributed by atoms with Crippen LogP contribution in [0.4, 0.5) is 11.4 Å². The van der Waals surface area contributed by atoms with Gasteiger partial charge in [0.25, 0.3) is 5.91 Å². The average Bonchev–Trinajstić information content (AvgIpc) is 3.18. The highest BCUT2D eigenvalue weighted by molar-refractivity contribution is 7.08. The monoisotopic (exact) mass is 376 g/mol. The van der Waals surface area contributed by atoms with E-state index in [1.54, 1.807) is 9.80 Å². The highest BCUT2D eigenvalue weighted by atomic mass is 32.1. The van der Waals surface area contributed by atoms with E-state index in [9.17, 15) is 9.59 Å². The molecule has 2 aromatic carbocycles. The number of nitrogens with zero attached hydrogens (tertiary/aromatic N) is 2. The van der Waals surface area contributed by atoms with Gasteiger partial charge in [0.05, 0.1) is 5.69 Å². The zero-order chi connectivity index (χ0) is 19.0. The van der Waals surface area contributed by atoms with Gasteiger partial charge in [0.15, 0.2) is 0 Å². The summed E-state index contributed by atoms with van der Waals surface area (Å²) in [4.78, 5) is 30.1. The van der Waals surface area contributed by atoms with Gasteiger partial charge >= 0.3 is 0 Å². The second-order valence-electron chi connectivity index (χ2n) is 6.72. The van der Waals surface area contributed by atoms with E-state index < -0.39 is 6.04 Å². The molecule has 1 aromatic heterocycles. The van der Waals surface area contributed by atoms with Crippen LogP contribution in [0.15, 0.2) is 65.4 Å². The summed E-state index contributed by atoms with van der Waals surface area (Å²) in [7, 11) is 0. The number of rotatable bonds is 3. The van der Waals surface area contributed by atoms with Gasteiger partial charge in [-0.1, -0.05) is 36.4 Å². The van der Waals surface area contributed by atoms with E-state index in [4.69, 9.17) is 0 Å². The summed E-state index contributed by atoms with van der Waals surface area (Å²) < 4.78 is 0. The minimum atomic E-state index is -0.654. The predicted molar refractivity (Wildman–Crippen MR) is 109 cm³/mol. The van der Waals surface area contributed by atoms with Crippen molar-refractivity contribution in [3.05, 3.63) is 82.0 Å². The van der Waals surface area contributed by atoms with Gasteiger partial charge in [-0.2, -0.15) is 11.3 Å². The first-order valence-electron chi connectivity index (χ1n) is 8.84. The molecule has 1 fully saturated rings. The minimum Gasteiger partial charge on any atom is -0.300 e. The molecule has 136 valence electrons. The Morgan fingerprint density at radius 1 is 0.926 bits per heavy atom. The molecule has 1 unspecified atom stereocenters. The third-order valence-corrected chi connectivity index (χ3v) is 5.62. The van der Waals surface area contributed by atoms with Gasteiger partial charge in [0.1, 0.15) is 12.6 Å². The van der Waals surface area contributed by atoms with E-state index >= 15 is 0 Å². The molecule has 0 saturated carbocycles. The lowest BCUT2D eigenvalue weighted by Gasteiger charge is -2.41. The molecule has 1 saturated heterocycles. The average molecular weight is 376 g/mol. The number of carbonyl (C=O) groups excluding carboxylic acids is 2. The highest BCUT2D eigenvalue weighted by Gasteiger charge is 2.42. The SMILES string of the molecule is Cc1cccc(C)c1N1CC(=O)N(c2ccccc2)C(c2ccsc2)C1=O. The Morgan fingerprint density at radius 2 is 1.63 bits per heavy atom. The van der Waals surface area contributed by atoms with E-state index in [1.165, 1.54) is 11.3 Å². The predicted octanol–water partition coefficient (Wildman–Crippen LogP) is 4.49. The van der Waals surface area contributed by atoms with Crippen LogP contribution in [-0.4, -0.2) is 18.4 Å². The summed E-state index contributed by atoms with van der Waals surface area (Å²) in [5.74, 6) is -0.158. The third kappa shape index (κ3) is 3.04. The largest absolute Gasteiger partial charge is 0.300 e. The molecule has 3 aromatic rings. The Balaban J connectivity index is 1.83. The molecule has 0 N–H and O–H groups in total. The smallest absolute Gasteiger partial charge is 0.255 e. The summed E-state index contributed by atoms with van der Waals surface area (Å²) in [6.07, 6.45) is 0. The fourth-order valence-corrected chi connectivity index (χ4v) is 4.39. The van der Waals surface area contributed by atoms with Crippen LogP contribution in [0, 0.1) is 13.8 Å². The number of anilines is 2. The van der Waals surface area contributed by atoms with Crippen molar-refractivity contribution in [2.75, 3.05) is 16.3 Å². The van der Waals surface area contributed by atoms with Crippen LogP contribution in [0.1, 0.15) is 22.7 Å². The van der Waals surface area contributed by atoms with Gasteiger partial charge < -0.3 is 4.90 Å². The molecular weight excluding hydrogens is 356 g/mol. The molecule has 5 heteroatoms. The topological polar surface area (TPSA) is 40.6 Å². The molecular formula is C22H20N2O2S. The molecule has 4 nitrogen and oxygen atoms in total. The van der Waals surface area contributed by atoms with Crippen LogP contribution in [0.25, 0.3) is 0 Å². The molecule has 0 spiro atoms. The Hall–Kier alpha value is -2.92. The summed E-state index contributed by atoms with van der Waals surface area (Å²) in [6, 6.07) is 16.6. The van der Waals surface area contributed by atoms with Crippen LogP contribution in [0.3, 0.4) is 0 Å². The first-order chi connectivity index (χ1) is 13.1. The number of aryl methyl sites for hydroxylation is 2. The van der Waals surface area contributed by atoms with Crippen LogP contribution >= 0.6 is 11.3 Å². The Labute approximate surface area is 162 Å². The molecule has 0 radical (unpaired) electrons. The number of hydrogen-bond acceptors (Lipinski definition) is 3. The second kappa shape index (κ2) is 7.00. The van der Waals surface area contributed by atoms with Crippen molar-refractivity contribution in [1.82, 2.24) is 0 Å². The number of piperazine rings is 1. The second-order valence-corrected chi connectivity index (χ2v) is 7.50. The van der Waals surface area contributed by atoms with E-state index in [2.05, 4.69) is 0 Å². The lowest BCUT2D eigenvalue weighted by molar-refractivity contribution is -0.128. The lowest BCUT2D eigenvalue weighted by Crippen LogP contribution is -2.56. The maximum atomic E-state index is 13.6. The van der Waals surface area contributed by atoms with Crippen molar-refractivity contribution in [2.24, 2.45) is 0 Å². The number of hydrogen-bond donors (Lipinski definition) is 0. The van der Waals surface area contributed by atoms with Crippen LogP contribution in [0.2, 0.25) is 0 Å². The van der Waals surface area contributed by atoms with Crippen LogP contribution in [-0.2, 0) is 9.59 Å². The van der Waals surface area contributed by atoms with Crippen molar-refractivity contribution < 1.29 is 9.59 Å². The zero-order valence-corrected chi connectivity index (χ0v) is 16.1. The Morgan fingerprint density at radius 3 is 2.26 bits per heavy atom. The van der Waals surface area contributed by atoms with E-state index in [-0.39, 0.29) is 18.4 Å². The molecule has 1 aliphatic rings. The van der Waals surface area contributed by atoms with Gasteiger partial charge in [0.2, 0.25) is 5.91 Å².